The molecular weight excluding hydrogens is 152 g/mol. The van der Waals surface area contributed by atoms with Gasteiger partial charge in [0.2, 0.25) is 0 Å². The predicted molar refractivity (Wildman–Crippen MR) is 41.3 cm³/mol. The molecule has 0 amide bonds. The Morgan fingerprint density at radius 2 is 2.20 bits per heavy atom. The van der Waals surface area contributed by atoms with Crippen molar-refractivity contribution >= 4 is 17.6 Å². The van der Waals surface area contributed by atoms with Gasteiger partial charge >= 0.3 is 5.97 Å². The Balaban J connectivity index is 3.60. The van der Waals surface area contributed by atoms with Crippen LogP contribution >= 0.6 is 11.6 Å². The normalized spacial score (nSPS) is 10.1. The maximum atomic E-state index is 10.1. The second kappa shape index (κ2) is 5.06. The van der Waals surface area contributed by atoms with Crippen molar-refractivity contribution in [2.24, 2.45) is 0 Å². The molecule has 2 nitrogen and oxygen atoms in total. The molecule has 0 radical (unpaired) electrons. The standard InChI is InChI=1S/C7H9ClO2/c1-6(7(9)10)4-2-3-5-8/h2-3H,1,4-5H2,(H,9,10). The van der Waals surface area contributed by atoms with E-state index in [4.69, 9.17) is 16.7 Å². The summed E-state index contributed by atoms with van der Waals surface area (Å²) in [5.41, 5.74) is 0.182. The van der Waals surface area contributed by atoms with Crippen LogP contribution in [-0.2, 0) is 4.79 Å². The summed E-state index contributed by atoms with van der Waals surface area (Å²) in [7, 11) is 0. The van der Waals surface area contributed by atoms with Gasteiger partial charge in [0, 0.05) is 11.5 Å². The fourth-order valence-electron chi connectivity index (χ4n) is 0.376. The van der Waals surface area contributed by atoms with E-state index < -0.39 is 5.97 Å². The lowest BCUT2D eigenvalue weighted by Gasteiger charge is -1.90. The first-order valence-corrected chi connectivity index (χ1v) is 3.34. The highest BCUT2D eigenvalue weighted by Gasteiger charge is 1.98. The van der Waals surface area contributed by atoms with Crippen molar-refractivity contribution in [1.82, 2.24) is 0 Å². The number of hydrogen-bond acceptors (Lipinski definition) is 1. The Morgan fingerprint density at radius 3 is 2.60 bits per heavy atom. The molecule has 0 heterocycles. The van der Waals surface area contributed by atoms with E-state index in [9.17, 15) is 4.79 Å². The highest BCUT2D eigenvalue weighted by atomic mass is 35.5. The lowest BCUT2D eigenvalue weighted by atomic mass is 10.2. The molecule has 0 bridgehead atoms. The highest BCUT2D eigenvalue weighted by molar-refractivity contribution is 6.18. The van der Waals surface area contributed by atoms with Gasteiger partial charge in [-0.3, -0.25) is 0 Å². The molecule has 0 aliphatic rings. The predicted octanol–water partition coefficient (Wildman–Crippen LogP) is 1.81. The largest absolute Gasteiger partial charge is 0.478 e. The third-order valence-electron chi connectivity index (χ3n) is 0.922. The molecule has 10 heavy (non-hydrogen) atoms. The van der Waals surface area contributed by atoms with Crippen LogP contribution in [0.25, 0.3) is 0 Å². The van der Waals surface area contributed by atoms with Crippen LogP contribution in [0, 0.1) is 0 Å². The van der Waals surface area contributed by atoms with E-state index in [0.29, 0.717) is 12.3 Å². The molecule has 0 aromatic heterocycles. The molecule has 0 saturated heterocycles. The minimum Gasteiger partial charge on any atom is -0.478 e. The first-order valence-electron chi connectivity index (χ1n) is 2.80. The third-order valence-corrected chi connectivity index (χ3v) is 1.10. The van der Waals surface area contributed by atoms with Crippen LogP contribution in [0.4, 0.5) is 0 Å². The molecule has 0 unspecified atom stereocenters. The van der Waals surface area contributed by atoms with E-state index in [-0.39, 0.29) is 5.57 Å². The number of aliphatic carboxylic acids is 1. The number of carbonyl (C=O) groups is 1. The Morgan fingerprint density at radius 1 is 1.60 bits per heavy atom. The Hall–Kier alpha value is -0.760. The van der Waals surface area contributed by atoms with Crippen molar-refractivity contribution < 1.29 is 9.90 Å². The first-order chi connectivity index (χ1) is 4.68. The van der Waals surface area contributed by atoms with Gasteiger partial charge in [-0.1, -0.05) is 18.7 Å². The average Bonchev–Trinajstić information content (AvgIpc) is 1.88. The highest BCUT2D eigenvalue weighted by Crippen LogP contribution is 1.98. The van der Waals surface area contributed by atoms with E-state index in [1.807, 2.05) is 0 Å². The molecule has 0 aliphatic heterocycles. The van der Waals surface area contributed by atoms with Gasteiger partial charge in [-0.2, -0.15) is 0 Å². The van der Waals surface area contributed by atoms with E-state index in [1.54, 1.807) is 12.2 Å². The van der Waals surface area contributed by atoms with E-state index >= 15 is 0 Å². The second-order valence-corrected chi connectivity index (χ2v) is 2.05. The molecule has 0 aromatic rings. The first kappa shape index (κ1) is 9.24. The Bertz CT molecular complexity index is 161. The molecule has 0 saturated carbocycles. The second-order valence-electron chi connectivity index (χ2n) is 1.74. The zero-order valence-corrected chi connectivity index (χ0v) is 6.27. The number of halogens is 1. The maximum Gasteiger partial charge on any atom is 0.331 e. The molecule has 3 heteroatoms. The number of hydrogen-bond donors (Lipinski definition) is 1. The van der Waals surface area contributed by atoms with Crippen LogP contribution in [-0.4, -0.2) is 17.0 Å². The quantitative estimate of drug-likeness (QED) is 0.387. The van der Waals surface area contributed by atoms with Gasteiger partial charge < -0.3 is 5.11 Å². The summed E-state index contributed by atoms with van der Waals surface area (Å²) in [6, 6.07) is 0. The van der Waals surface area contributed by atoms with Crippen molar-refractivity contribution in [3.8, 4) is 0 Å². The number of alkyl halides is 1. The SMILES string of the molecule is C=C(CC=CCCl)C(=O)O. The summed E-state index contributed by atoms with van der Waals surface area (Å²) in [6.07, 6.45) is 3.74. The van der Waals surface area contributed by atoms with Gasteiger partial charge in [0.05, 0.1) is 0 Å². The summed E-state index contributed by atoms with van der Waals surface area (Å²) < 4.78 is 0. The van der Waals surface area contributed by atoms with Gasteiger partial charge in [-0.05, 0) is 6.42 Å². The molecule has 0 aromatic carbocycles. The summed E-state index contributed by atoms with van der Waals surface area (Å²) >= 11 is 5.30. The van der Waals surface area contributed by atoms with Gasteiger partial charge in [0.25, 0.3) is 0 Å². The van der Waals surface area contributed by atoms with Crippen molar-refractivity contribution in [3.05, 3.63) is 24.3 Å². The number of allylic oxidation sites excluding steroid dienone is 2. The van der Waals surface area contributed by atoms with Crippen LogP contribution in [0.15, 0.2) is 24.3 Å². The third kappa shape index (κ3) is 4.15. The Labute approximate surface area is 64.8 Å². The van der Waals surface area contributed by atoms with E-state index in [0.717, 1.165) is 0 Å². The zero-order valence-electron chi connectivity index (χ0n) is 5.51. The summed E-state index contributed by atoms with van der Waals surface area (Å²) in [5, 5.41) is 8.31. The van der Waals surface area contributed by atoms with Gasteiger partial charge in [-0.25, -0.2) is 4.79 Å². The molecule has 0 fully saturated rings. The lowest BCUT2D eigenvalue weighted by Crippen LogP contribution is -1.96. The number of carboxylic acids is 1. The van der Waals surface area contributed by atoms with Crippen LogP contribution < -0.4 is 0 Å². The number of rotatable bonds is 4. The summed E-state index contributed by atoms with van der Waals surface area (Å²) in [5.74, 6) is -0.549. The monoisotopic (exact) mass is 160 g/mol. The van der Waals surface area contributed by atoms with Gasteiger partial charge in [0.1, 0.15) is 0 Å². The fourth-order valence-corrected chi connectivity index (χ4v) is 0.502. The molecule has 56 valence electrons. The van der Waals surface area contributed by atoms with E-state index in [1.165, 1.54) is 0 Å². The molecule has 0 aliphatic carbocycles. The fraction of sp³-hybridized carbons (Fsp3) is 0.286. The topological polar surface area (TPSA) is 37.3 Å². The summed E-state index contributed by atoms with van der Waals surface area (Å²) in [6.45, 7) is 3.33. The van der Waals surface area contributed by atoms with Crippen LogP contribution in [0.1, 0.15) is 6.42 Å². The molecule has 0 rings (SSSR count). The zero-order chi connectivity index (χ0) is 7.98. The van der Waals surface area contributed by atoms with Crippen molar-refractivity contribution in [2.75, 3.05) is 5.88 Å². The number of carboxylic acid groups (broad SMARTS) is 1. The maximum absolute atomic E-state index is 10.1. The van der Waals surface area contributed by atoms with E-state index in [2.05, 4.69) is 6.58 Å². The smallest absolute Gasteiger partial charge is 0.331 e. The minimum atomic E-state index is -0.959. The average molecular weight is 161 g/mol. The minimum absolute atomic E-state index is 0.182. The van der Waals surface area contributed by atoms with Crippen molar-refractivity contribution in [2.45, 2.75) is 6.42 Å². The molecule has 0 spiro atoms. The lowest BCUT2D eigenvalue weighted by molar-refractivity contribution is -0.132. The van der Waals surface area contributed by atoms with Crippen molar-refractivity contribution in [3.63, 3.8) is 0 Å². The van der Waals surface area contributed by atoms with Crippen LogP contribution in [0.5, 0.6) is 0 Å². The molecular formula is C7H9ClO2. The molecule has 1 N–H and O–H groups in total. The van der Waals surface area contributed by atoms with Crippen molar-refractivity contribution in [1.29, 1.82) is 0 Å². The van der Waals surface area contributed by atoms with Crippen LogP contribution in [0.2, 0.25) is 0 Å². The molecule has 0 atom stereocenters. The Kier molecular flexibility index (Phi) is 4.67. The summed E-state index contributed by atoms with van der Waals surface area (Å²) in [4.78, 5) is 10.1. The van der Waals surface area contributed by atoms with Gasteiger partial charge in [-0.15, -0.1) is 11.6 Å². The van der Waals surface area contributed by atoms with Gasteiger partial charge in [0.15, 0.2) is 0 Å². The van der Waals surface area contributed by atoms with Crippen LogP contribution in [0.3, 0.4) is 0 Å².